The molecular weight excluding hydrogens is 240 g/mol. The zero-order valence-corrected chi connectivity index (χ0v) is 11.8. The normalized spacial score (nSPS) is 23.7. The molecule has 0 N–H and O–H groups in total. The quantitative estimate of drug-likeness (QED) is 0.792. The van der Waals surface area contributed by atoms with Crippen LogP contribution in [0.15, 0.2) is 6.33 Å². The second kappa shape index (κ2) is 4.96. The van der Waals surface area contributed by atoms with Crippen LogP contribution in [-0.2, 0) is 11.3 Å². The fourth-order valence-corrected chi connectivity index (χ4v) is 3.17. The Bertz CT molecular complexity index is 482. The van der Waals surface area contributed by atoms with Gasteiger partial charge in [0.2, 0.25) is 5.91 Å². The Morgan fingerprint density at radius 3 is 2.95 bits per heavy atom. The minimum absolute atomic E-state index is 0.229. The molecule has 0 aromatic carbocycles. The highest BCUT2D eigenvalue weighted by molar-refractivity contribution is 5.76. The van der Waals surface area contributed by atoms with E-state index in [-0.39, 0.29) is 5.91 Å². The van der Waals surface area contributed by atoms with Crippen LogP contribution < -0.4 is 0 Å². The van der Waals surface area contributed by atoms with E-state index in [0.29, 0.717) is 12.6 Å². The molecule has 0 saturated carbocycles. The lowest BCUT2D eigenvalue weighted by Crippen LogP contribution is -2.52. The molecule has 5 nitrogen and oxygen atoms in total. The summed E-state index contributed by atoms with van der Waals surface area (Å²) in [6.45, 7) is 8.47. The molecule has 0 radical (unpaired) electrons. The number of aromatic nitrogens is 2. The van der Waals surface area contributed by atoms with E-state index in [1.54, 1.807) is 6.33 Å². The summed E-state index contributed by atoms with van der Waals surface area (Å²) < 4.78 is 1.96. The summed E-state index contributed by atoms with van der Waals surface area (Å²) in [5.41, 5.74) is 2.10. The zero-order valence-electron chi connectivity index (χ0n) is 11.8. The molecule has 3 heterocycles. The van der Waals surface area contributed by atoms with E-state index < -0.39 is 0 Å². The number of rotatable bonds is 2. The lowest BCUT2D eigenvalue weighted by atomic mass is 10.1. The van der Waals surface area contributed by atoms with E-state index in [4.69, 9.17) is 0 Å². The summed E-state index contributed by atoms with van der Waals surface area (Å²) in [5, 5.41) is 0. The molecule has 1 aromatic heterocycles. The maximum Gasteiger partial charge on any atom is 0.242 e. The van der Waals surface area contributed by atoms with Crippen molar-refractivity contribution in [2.75, 3.05) is 26.2 Å². The van der Waals surface area contributed by atoms with Gasteiger partial charge in [-0.3, -0.25) is 9.69 Å². The van der Waals surface area contributed by atoms with Gasteiger partial charge in [0.15, 0.2) is 0 Å². The molecule has 104 valence electrons. The molecule has 1 aromatic rings. The van der Waals surface area contributed by atoms with Crippen LogP contribution in [0.5, 0.6) is 0 Å². The summed E-state index contributed by atoms with van der Waals surface area (Å²) >= 11 is 0. The van der Waals surface area contributed by atoms with E-state index in [9.17, 15) is 4.79 Å². The van der Waals surface area contributed by atoms with Crippen molar-refractivity contribution in [3.8, 4) is 0 Å². The Kier molecular flexibility index (Phi) is 3.31. The Labute approximate surface area is 114 Å². The van der Waals surface area contributed by atoms with Crippen LogP contribution in [0.3, 0.4) is 0 Å². The summed E-state index contributed by atoms with van der Waals surface area (Å²) in [6.07, 6.45) is 4.30. The van der Waals surface area contributed by atoms with Crippen molar-refractivity contribution in [2.24, 2.45) is 0 Å². The minimum Gasteiger partial charge on any atom is -0.338 e. The number of fused-ring (bicyclic) bond motifs is 1. The Hall–Kier alpha value is -1.36. The molecule has 5 heteroatoms. The van der Waals surface area contributed by atoms with Gasteiger partial charge in [-0.25, -0.2) is 4.98 Å². The first kappa shape index (κ1) is 12.7. The highest BCUT2D eigenvalue weighted by atomic mass is 16.2. The Balaban J connectivity index is 1.63. The molecule has 0 spiro atoms. The second-order valence-electron chi connectivity index (χ2n) is 5.72. The fourth-order valence-electron chi connectivity index (χ4n) is 3.17. The van der Waals surface area contributed by atoms with Crippen molar-refractivity contribution in [2.45, 2.75) is 39.3 Å². The first-order valence-corrected chi connectivity index (χ1v) is 7.15. The average Bonchev–Trinajstić information content (AvgIpc) is 2.99. The molecule has 1 atom stereocenters. The van der Waals surface area contributed by atoms with Crippen LogP contribution >= 0.6 is 0 Å². The number of piperazine rings is 1. The van der Waals surface area contributed by atoms with E-state index in [1.165, 1.54) is 19.4 Å². The SMILES string of the molecule is Cc1ncn(CC(=O)N2CCN3CCC[C@@H]3C2)c1C. The van der Waals surface area contributed by atoms with Gasteiger partial charge < -0.3 is 9.47 Å². The van der Waals surface area contributed by atoms with Crippen LogP contribution in [0.4, 0.5) is 0 Å². The summed E-state index contributed by atoms with van der Waals surface area (Å²) in [7, 11) is 0. The van der Waals surface area contributed by atoms with Crippen molar-refractivity contribution in [1.82, 2.24) is 19.4 Å². The monoisotopic (exact) mass is 262 g/mol. The summed E-state index contributed by atoms with van der Waals surface area (Å²) in [6, 6.07) is 0.600. The summed E-state index contributed by atoms with van der Waals surface area (Å²) in [5.74, 6) is 0.229. The molecule has 1 amide bonds. The average molecular weight is 262 g/mol. The van der Waals surface area contributed by atoms with Gasteiger partial charge in [-0.15, -0.1) is 0 Å². The number of imidazole rings is 1. The van der Waals surface area contributed by atoms with E-state index in [0.717, 1.165) is 31.0 Å². The Morgan fingerprint density at radius 1 is 1.37 bits per heavy atom. The maximum absolute atomic E-state index is 12.4. The van der Waals surface area contributed by atoms with Crippen LogP contribution in [0.25, 0.3) is 0 Å². The predicted molar refractivity (Wildman–Crippen MR) is 72.9 cm³/mol. The molecule has 3 rings (SSSR count). The first-order valence-electron chi connectivity index (χ1n) is 7.15. The maximum atomic E-state index is 12.4. The van der Waals surface area contributed by atoms with Gasteiger partial charge >= 0.3 is 0 Å². The van der Waals surface area contributed by atoms with Crippen LogP contribution in [0, 0.1) is 13.8 Å². The molecule has 0 bridgehead atoms. The molecule has 2 saturated heterocycles. The number of aryl methyl sites for hydroxylation is 1. The second-order valence-corrected chi connectivity index (χ2v) is 5.72. The highest BCUT2D eigenvalue weighted by Gasteiger charge is 2.32. The highest BCUT2D eigenvalue weighted by Crippen LogP contribution is 2.21. The van der Waals surface area contributed by atoms with Crippen molar-refractivity contribution in [3.63, 3.8) is 0 Å². The van der Waals surface area contributed by atoms with E-state index in [2.05, 4.69) is 9.88 Å². The van der Waals surface area contributed by atoms with Gasteiger partial charge in [0, 0.05) is 31.4 Å². The molecule has 2 fully saturated rings. The van der Waals surface area contributed by atoms with Gasteiger partial charge in [-0.1, -0.05) is 0 Å². The van der Waals surface area contributed by atoms with Crippen molar-refractivity contribution in [1.29, 1.82) is 0 Å². The molecule has 2 aliphatic heterocycles. The minimum atomic E-state index is 0.229. The Morgan fingerprint density at radius 2 is 2.21 bits per heavy atom. The third-order valence-electron chi connectivity index (χ3n) is 4.59. The lowest BCUT2D eigenvalue weighted by molar-refractivity contribution is -0.134. The van der Waals surface area contributed by atoms with Crippen LogP contribution in [0.1, 0.15) is 24.2 Å². The van der Waals surface area contributed by atoms with Crippen LogP contribution in [-0.4, -0.2) is 57.5 Å². The number of carbonyl (C=O) groups is 1. The van der Waals surface area contributed by atoms with E-state index in [1.807, 2.05) is 23.3 Å². The standard InChI is InChI=1S/C14H22N4O/c1-11-12(2)18(10-15-11)9-14(19)17-7-6-16-5-3-4-13(16)8-17/h10,13H,3-9H2,1-2H3/t13-/m1/s1. The molecule has 0 aliphatic carbocycles. The lowest BCUT2D eigenvalue weighted by Gasteiger charge is -2.37. The van der Waals surface area contributed by atoms with Gasteiger partial charge in [0.25, 0.3) is 0 Å². The van der Waals surface area contributed by atoms with Gasteiger partial charge in [-0.05, 0) is 33.2 Å². The molecule has 19 heavy (non-hydrogen) atoms. The third-order valence-corrected chi connectivity index (χ3v) is 4.59. The van der Waals surface area contributed by atoms with Crippen molar-refractivity contribution >= 4 is 5.91 Å². The number of carbonyl (C=O) groups excluding carboxylic acids is 1. The zero-order chi connectivity index (χ0) is 13.4. The van der Waals surface area contributed by atoms with Gasteiger partial charge in [0.1, 0.15) is 6.54 Å². The third kappa shape index (κ3) is 2.39. The smallest absolute Gasteiger partial charge is 0.242 e. The molecular formula is C14H22N4O. The summed E-state index contributed by atoms with van der Waals surface area (Å²) in [4.78, 5) is 21.2. The molecule has 2 aliphatic rings. The molecule has 0 unspecified atom stereocenters. The first-order chi connectivity index (χ1) is 9.15. The number of amides is 1. The van der Waals surface area contributed by atoms with Crippen molar-refractivity contribution in [3.05, 3.63) is 17.7 Å². The van der Waals surface area contributed by atoms with Gasteiger partial charge in [-0.2, -0.15) is 0 Å². The number of hydrogen-bond donors (Lipinski definition) is 0. The largest absolute Gasteiger partial charge is 0.338 e. The topological polar surface area (TPSA) is 41.4 Å². The van der Waals surface area contributed by atoms with Crippen LogP contribution in [0.2, 0.25) is 0 Å². The predicted octanol–water partition coefficient (Wildman–Crippen LogP) is 0.807. The van der Waals surface area contributed by atoms with Crippen molar-refractivity contribution < 1.29 is 4.79 Å². The fraction of sp³-hybridized carbons (Fsp3) is 0.714. The number of hydrogen-bond acceptors (Lipinski definition) is 3. The van der Waals surface area contributed by atoms with Gasteiger partial charge in [0.05, 0.1) is 12.0 Å². The number of nitrogens with zero attached hydrogens (tertiary/aromatic N) is 4. The van der Waals surface area contributed by atoms with E-state index >= 15 is 0 Å².